The molecule has 2 rings (SSSR count). The van der Waals surface area contributed by atoms with E-state index >= 15 is 0 Å². The first-order valence-electron chi connectivity index (χ1n) is 7.71. The van der Waals surface area contributed by atoms with E-state index in [0.29, 0.717) is 6.54 Å². The molecule has 1 aromatic carbocycles. The highest BCUT2D eigenvalue weighted by Crippen LogP contribution is 2.25. The van der Waals surface area contributed by atoms with Gasteiger partial charge in [0.25, 0.3) is 0 Å². The molecule has 1 aliphatic rings. The van der Waals surface area contributed by atoms with Crippen molar-refractivity contribution in [3.05, 3.63) is 29.8 Å². The Hall–Kier alpha value is -1.20. The van der Waals surface area contributed by atoms with Crippen molar-refractivity contribution < 1.29 is 13.7 Å². The van der Waals surface area contributed by atoms with Gasteiger partial charge in [-0.1, -0.05) is 17.7 Å². The number of amides is 1. The average Bonchev–Trinajstić information content (AvgIpc) is 2.45. The van der Waals surface area contributed by atoms with Crippen LogP contribution in [0.5, 0.6) is 0 Å². The molecule has 0 aromatic heterocycles. The van der Waals surface area contributed by atoms with Gasteiger partial charge in [-0.15, -0.1) is 0 Å². The molecule has 1 atom stereocenters. The van der Waals surface area contributed by atoms with Gasteiger partial charge in [0.2, 0.25) is 0 Å². The Bertz CT molecular complexity index is 496. The maximum Gasteiger partial charge on any atom is 0.410 e. The SMILES string of the molecule is Cc1ccc(SOC2CCCN(C(=O)OC(C)(C)C)C2)cc1. The van der Waals surface area contributed by atoms with Gasteiger partial charge in [0.15, 0.2) is 0 Å². The van der Waals surface area contributed by atoms with E-state index in [2.05, 4.69) is 31.2 Å². The summed E-state index contributed by atoms with van der Waals surface area (Å²) in [7, 11) is 0. The van der Waals surface area contributed by atoms with Crippen molar-refractivity contribution in [3.8, 4) is 0 Å². The number of ether oxygens (including phenoxy) is 1. The molecule has 122 valence electrons. The fourth-order valence-corrected chi connectivity index (χ4v) is 2.88. The fourth-order valence-electron chi connectivity index (χ4n) is 2.23. The number of aryl methyl sites for hydroxylation is 1. The van der Waals surface area contributed by atoms with Gasteiger partial charge >= 0.3 is 6.09 Å². The van der Waals surface area contributed by atoms with Crippen molar-refractivity contribution in [2.75, 3.05) is 13.1 Å². The number of likely N-dealkylation sites (tertiary alicyclic amines) is 1. The highest BCUT2D eigenvalue weighted by atomic mass is 32.2. The van der Waals surface area contributed by atoms with Crippen LogP contribution in [0, 0.1) is 6.92 Å². The van der Waals surface area contributed by atoms with Gasteiger partial charge in [-0.3, -0.25) is 0 Å². The molecule has 4 nitrogen and oxygen atoms in total. The van der Waals surface area contributed by atoms with Crippen LogP contribution in [0.3, 0.4) is 0 Å². The van der Waals surface area contributed by atoms with Crippen molar-refractivity contribution in [1.29, 1.82) is 0 Å². The molecular formula is C17H25NO3S. The Morgan fingerprint density at radius 2 is 1.95 bits per heavy atom. The van der Waals surface area contributed by atoms with E-state index in [4.69, 9.17) is 8.92 Å². The number of hydrogen-bond donors (Lipinski definition) is 0. The van der Waals surface area contributed by atoms with Crippen LogP contribution in [0.1, 0.15) is 39.2 Å². The average molecular weight is 323 g/mol. The minimum atomic E-state index is -0.457. The number of carbonyl (C=O) groups excluding carboxylic acids is 1. The zero-order valence-corrected chi connectivity index (χ0v) is 14.6. The Kier molecular flexibility index (Phi) is 5.75. The number of rotatable bonds is 3. The summed E-state index contributed by atoms with van der Waals surface area (Å²) in [5.74, 6) is 0. The number of benzene rings is 1. The molecule has 5 heteroatoms. The summed E-state index contributed by atoms with van der Waals surface area (Å²) in [6.45, 7) is 9.05. The van der Waals surface area contributed by atoms with Crippen LogP contribution in [-0.2, 0) is 8.92 Å². The Morgan fingerprint density at radius 3 is 2.59 bits per heavy atom. The molecular weight excluding hydrogens is 298 g/mol. The van der Waals surface area contributed by atoms with Crippen LogP contribution in [0.4, 0.5) is 4.79 Å². The highest BCUT2D eigenvalue weighted by Gasteiger charge is 2.28. The summed E-state index contributed by atoms with van der Waals surface area (Å²) < 4.78 is 11.3. The third kappa shape index (κ3) is 5.54. The molecule has 0 spiro atoms. The molecule has 1 aromatic rings. The number of hydrogen-bond acceptors (Lipinski definition) is 4. The fraction of sp³-hybridized carbons (Fsp3) is 0.588. The van der Waals surface area contributed by atoms with Gasteiger partial charge in [-0.05, 0) is 52.7 Å². The minimum absolute atomic E-state index is 0.0487. The van der Waals surface area contributed by atoms with E-state index < -0.39 is 5.60 Å². The van der Waals surface area contributed by atoms with Gasteiger partial charge in [-0.25, -0.2) is 4.79 Å². The first-order chi connectivity index (χ1) is 10.3. The maximum absolute atomic E-state index is 12.1. The summed E-state index contributed by atoms with van der Waals surface area (Å²) in [5.41, 5.74) is 0.778. The van der Waals surface area contributed by atoms with Crippen molar-refractivity contribution in [2.24, 2.45) is 0 Å². The van der Waals surface area contributed by atoms with E-state index in [1.807, 2.05) is 20.8 Å². The third-order valence-electron chi connectivity index (χ3n) is 3.33. The third-order valence-corrected chi connectivity index (χ3v) is 4.16. The molecule has 1 aliphatic heterocycles. The smallest absolute Gasteiger partial charge is 0.410 e. The van der Waals surface area contributed by atoms with Gasteiger partial charge in [0.05, 0.1) is 12.6 Å². The van der Waals surface area contributed by atoms with Crippen LogP contribution in [0.25, 0.3) is 0 Å². The normalized spacial score (nSPS) is 19.1. The van der Waals surface area contributed by atoms with E-state index in [9.17, 15) is 4.79 Å². The molecule has 0 bridgehead atoms. The number of piperidine rings is 1. The second-order valence-electron chi connectivity index (χ2n) is 6.68. The molecule has 1 heterocycles. The second kappa shape index (κ2) is 7.38. The Balaban J connectivity index is 1.82. The number of carbonyl (C=O) groups is 1. The molecule has 1 fully saturated rings. The molecule has 0 saturated carbocycles. The zero-order valence-electron chi connectivity index (χ0n) is 13.8. The predicted octanol–water partition coefficient (Wildman–Crippen LogP) is 4.42. The van der Waals surface area contributed by atoms with E-state index in [-0.39, 0.29) is 12.2 Å². The van der Waals surface area contributed by atoms with Crippen molar-refractivity contribution in [1.82, 2.24) is 4.90 Å². The van der Waals surface area contributed by atoms with Crippen LogP contribution in [-0.4, -0.2) is 35.8 Å². The predicted molar refractivity (Wildman–Crippen MR) is 89.0 cm³/mol. The topological polar surface area (TPSA) is 38.8 Å². The second-order valence-corrected chi connectivity index (χ2v) is 7.51. The summed E-state index contributed by atoms with van der Waals surface area (Å²) in [6.07, 6.45) is 1.71. The lowest BCUT2D eigenvalue weighted by molar-refractivity contribution is 0.00995. The van der Waals surface area contributed by atoms with E-state index in [1.54, 1.807) is 4.90 Å². The quantitative estimate of drug-likeness (QED) is 0.772. The first kappa shape index (κ1) is 17.2. The van der Waals surface area contributed by atoms with Crippen LogP contribution < -0.4 is 0 Å². The summed E-state index contributed by atoms with van der Waals surface area (Å²) >= 11 is 1.38. The standard InChI is InChI=1S/C17H25NO3S/c1-13-7-9-15(10-8-13)22-21-14-6-5-11-18(12-14)16(19)20-17(2,3)4/h7-10,14H,5-6,11-12H2,1-4H3. The highest BCUT2D eigenvalue weighted by molar-refractivity contribution is 7.94. The molecule has 1 unspecified atom stereocenters. The lowest BCUT2D eigenvalue weighted by Crippen LogP contribution is -2.44. The molecule has 22 heavy (non-hydrogen) atoms. The summed E-state index contributed by atoms with van der Waals surface area (Å²) in [5, 5.41) is 0. The van der Waals surface area contributed by atoms with Crippen LogP contribution >= 0.6 is 12.0 Å². The van der Waals surface area contributed by atoms with Crippen LogP contribution in [0.2, 0.25) is 0 Å². The molecule has 1 amide bonds. The Morgan fingerprint density at radius 1 is 1.27 bits per heavy atom. The van der Waals surface area contributed by atoms with Crippen molar-refractivity contribution >= 4 is 18.1 Å². The van der Waals surface area contributed by atoms with E-state index in [0.717, 1.165) is 24.3 Å². The molecule has 0 aliphatic carbocycles. The van der Waals surface area contributed by atoms with E-state index in [1.165, 1.54) is 17.6 Å². The zero-order chi connectivity index (χ0) is 16.2. The van der Waals surface area contributed by atoms with Crippen molar-refractivity contribution in [3.63, 3.8) is 0 Å². The molecule has 0 N–H and O–H groups in total. The lowest BCUT2D eigenvalue weighted by Gasteiger charge is -2.33. The molecule has 0 radical (unpaired) electrons. The Labute approximate surface area is 137 Å². The monoisotopic (exact) mass is 323 g/mol. The number of nitrogens with zero attached hydrogens (tertiary/aromatic N) is 1. The largest absolute Gasteiger partial charge is 0.444 e. The first-order valence-corrected chi connectivity index (χ1v) is 8.45. The van der Waals surface area contributed by atoms with Gasteiger partial charge in [0, 0.05) is 23.5 Å². The maximum atomic E-state index is 12.1. The molecule has 1 saturated heterocycles. The van der Waals surface area contributed by atoms with Crippen LogP contribution in [0.15, 0.2) is 29.2 Å². The van der Waals surface area contributed by atoms with Crippen molar-refractivity contribution in [2.45, 2.75) is 57.1 Å². The van der Waals surface area contributed by atoms with Gasteiger partial charge < -0.3 is 13.8 Å². The lowest BCUT2D eigenvalue weighted by atomic mass is 10.1. The van der Waals surface area contributed by atoms with Gasteiger partial charge in [0.1, 0.15) is 5.60 Å². The van der Waals surface area contributed by atoms with Gasteiger partial charge in [-0.2, -0.15) is 0 Å². The minimum Gasteiger partial charge on any atom is -0.444 e. The summed E-state index contributed by atoms with van der Waals surface area (Å²) in [6, 6.07) is 8.24. The summed E-state index contributed by atoms with van der Waals surface area (Å²) in [4.78, 5) is 14.9.